The lowest BCUT2D eigenvalue weighted by molar-refractivity contribution is -0.132. The second-order valence-electron chi connectivity index (χ2n) is 7.53. The molecule has 2 N–H and O–H groups in total. The second-order valence-corrected chi connectivity index (χ2v) is 7.97. The van der Waals surface area contributed by atoms with Gasteiger partial charge in [0.15, 0.2) is 0 Å². The summed E-state index contributed by atoms with van der Waals surface area (Å²) in [6, 6.07) is 13.2. The van der Waals surface area contributed by atoms with E-state index in [1.165, 1.54) is 0 Å². The number of amides is 1. The summed E-state index contributed by atoms with van der Waals surface area (Å²) in [5.74, 6) is 0.286. The summed E-state index contributed by atoms with van der Waals surface area (Å²) in [5, 5.41) is 13.7. The zero-order valence-electron chi connectivity index (χ0n) is 14.6. The first-order chi connectivity index (χ1) is 12.6. The van der Waals surface area contributed by atoms with Crippen LogP contribution in [0, 0.1) is 5.92 Å². The first-order valence-electron chi connectivity index (χ1n) is 9.24. The number of benzene rings is 1. The van der Waals surface area contributed by atoms with Crippen molar-refractivity contribution >= 4 is 17.5 Å². The van der Waals surface area contributed by atoms with Crippen LogP contribution in [-0.4, -0.2) is 22.1 Å². The number of halogens is 1. The Balaban J connectivity index is 1.58. The number of nitrogens with zero attached hydrogens (tertiary/aromatic N) is 1. The molecule has 2 aliphatic carbocycles. The predicted octanol–water partition coefficient (Wildman–Crippen LogP) is 3.79. The van der Waals surface area contributed by atoms with Gasteiger partial charge in [-0.1, -0.05) is 36.2 Å². The van der Waals surface area contributed by atoms with E-state index in [-0.39, 0.29) is 24.0 Å². The molecule has 1 atom stereocenters. The number of hydrogen-bond acceptors (Lipinski definition) is 3. The minimum absolute atomic E-state index is 0.0584. The lowest BCUT2D eigenvalue weighted by Crippen LogP contribution is -2.52. The fraction of sp³-hybridized carbons (Fsp3) is 0.429. The summed E-state index contributed by atoms with van der Waals surface area (Å²) < 4.78 is 0. The van der Waals surface area contributed by atoms with Crippen molar-refractivity contribution in [1.82, 2.24) is 10.3 Å². The van der Waals surface area contributed by atoms with Crippen molar-refractivity contribution < 1.29 is 9.90 Å². The summed E-state index contributed by atoms with van der Waals surface area (Å²) in [5.41, 5.74) is 1.42. The summed E-state index contributed by atoms with van der Waals surface area (Å²) >= 11 is 6.02. The fourth-order valence-electron chi connectivity index (χ4n) is 4.12. The molecule has 2 saturated carbocycles. The zero-order valence-corrected chi connectivity index (χ0v) is 15.3. The molecule has 26 heavy (non-hydrogen) atoms. The molecule has 0 saturated heterocycles. The van der Waals surface area contributed by atoms with Crippen LogP contribution in [0.2, 0.25) is 5.02 Å². The number of aliphatic hydroxyl groups is 1. The highest BCUT2D eigenvalue weighted by atomic mass is 35.5. The summed E-state index contributed by atoms with van der Waals surface area (Å²) in [4.78, 5) is 17.8. The number of aliphatic hydroxyl groups excluding tert-OH is 1. The minimum atomic E-state index is -0.472. The highest BCUT2D eigenvalue weighted by Gasteiger charge is 2.47. The van der Waals surface area contributed by atoms with Gasteiger partial charge in [-0.2, -0.15) is 0 Å². The van der Waals surface area contributed by atoms with E-state index in [0.29, 0.717) is 17.9 Å². The quantitative estimate of drug-likeness (QED) is 0.841. The van der Waals surface area contributed by atoms with Crippen molar-refractivity contribution in [3.8, 4) is 0 Å². The van der Waals surface area contributed by atoms with Crippen LogP contribution in [0.1, 0.15) is 49.4 Å². The van der Waals surface area contributed by atoms with Crippen molar-refractivity contribution in [2.75, 3.05) is 0 Å². The van der Waals surface area contributed by atoms with Gasteiger partial charge in [0.2, 0.25) is 5.91 Å². The molecule has 2 aromatic rings. The third-order valence-electron chi connectivity index (χ3n) is 5.95. The molecule has 0 spiro atoms. The van der Waals surface area contributed by atoms with Crippen LogP contribution in [0.3, 0.4) is 0 Å². The average Bonchev–Trinajstić information content (AvgIpc) is 2.59. The molecule has 4 rings (SSSR count). The van der Waals surface area contributed by atoms with Gasteiger partial charge in [0.25, 0.3) is 0 Å². The van der Waals surface area contributed by atoms with E-state index in [2.05, 4.69) is 10.3 Å². The van der Waals surface area contributed by atoms with Gasteiger partial charge >= 0.3 is 0 Å². The lowest BCUT2D eigenvalue weighted by Gasteiger charge is -2.44. The number of hydrogen-bond donors (Lipinski definition) is 2. The Hall–Kier alpha value is -1.91. The third-order valence-corrected chi connectivity index (χ3v) is 6.20. The predicted molar refractivity (Wildman–Crippen MR) is 101 cm³/mol. The van der Waals surface area contributed by atoms with E-state index in [0.717, 1.165) is 30.5 Å². The second kappa shape index (κ2) is 7.01. The van der Waals surface area contributed by atoms with Gasteiger partial charge in [0.05, 0.1) is 23.3 Å². The molecule has 1 aromatic carbocycles. The molecule has 0 unspecified atom stereocenters. The zero-order chi connectivity index (χ0) is 18.1. The first kappa shape index (κ1) is 17.5. The molecule has 1 aromatic heterocycles. The highest BCUT2D eigenvalue weighted by Crippen LogP contribution is 2.45. The Kier molecular flexibility index (Phi) is 4.72. The number of pyridine rings is 1. The number of aromatic nitrogens is 1. The molecule has 5 heteroatoms. The Morgan fingerprint density at radius 3 is 2.46 bits per heavy atom. The van der Waals surface area contributed by atoms with Gasteiger partial charge in [0, 0.05) is 11.2 Å². The van der Waals surface area contributed by atoms with Gasteiger partial charge in [-0.25, -0.2) is 0 Å². The van der Waals surface area contributed by atoms with E-state index in [1.54, 1.807) is 6.20 Å². The fourth-order valence-corrected chi connectivity index (χ4v) is 4.25. The Morgan fingerprint density at radius 1 is 1.19 bits per heavy atom. The van der Waals surface area contributed by atoms with Gasteiger partial charge < -0.3 is 10.4 Å². The molecular weight excluding hydrogens is 348 g/mol. The van der Waals surface area contributed by atoms with Crippen LogP contribution in [0.4, 0.5) is 0 Å². The molecule has 136 valence electrons. The molecule has 0 bridgehead atoms. The van der Waals surface area contributed by atoms with Gasteiger partial charge in [-0.3, -0.25) is 9.78 Å². The summed E-state index contributed by atoms with van der Waals surface area (Å²) in [6.45, 7) is 0. The van der Waals surface area contributed by atoms with Crippen molar-refractivity contribution in [3.05, 3.63) is 64.9 Å². The standard InChI is InChI=1S/C21H23ClN2O2/c22-16-7-5-15(6-8-16)21(9-3-10-21)20(26)24-19(14-12-17(25)13-14)18-4-1-2-11-23-18/h1-2,4-8,11,14,17,19,25H,3,9-10,12-13H2,(H,24,26)/t14?,17?,19-/m1/s1. The molecule has 0 aliphatic heterocycles. The molecule has 1 heterocycles. The molecule has 1 amide bonds. The van der Waals surface area contributed by atoms with E-state index >= 15 is 0 Å². The lowest BCUT2D eigenvalue weighted by atomic mass is 9.63. The summed E-state index contributed by atoms with van der Waals surface area (Å²) in [7, 11) is 0. The molecule has 0 radical (unpaired) electrons. The average molecular weight is 371 g/mol. The topological polar surface area (TPSA) is 62.2 Å². The van der Waals surface area contributed by atoms with Crippen LogP contribution < -0.4 is 5.32 Å². The van der Waals surface area contributed by atoms with Gasteiger partial charge in [0.1, 0.15) is 0 Å². The molecule has 2 fully saturated rings. The highest BCUT2D eigenvalue weighted by molar-refractivity contribution is 6.30. The van der Waals surface area contributed by atoms with Crippen LogP contribution in [0.25, 0.3) is 0 Å². The number of carbonyl (C=O) groups is 1. The van der Waals surface area contributed by atoms with Crippen molar-refractivity contribution in [2.24, 2.45) is 5.92 Å². The van der Waals surface area contributed by atoms with Gasteiger partial charge in [-0.15, -0.1) is 0 Å². The smallest absolute Gasteiger partial charge is 0.231 e. The normalized spacial score (nSPS) is 24.8. The molecule has 4 nitrogen and oxygen atoms in total. The van der Waals surface area contributed by atoms with E-state index < -0.39 is 5.41 Å². The maximum Gasteiger partial charge on any atom is 0.231 e. The largest absolute Gasteiger partial charge is 0.393 e. The van der Waals surface area contributed by atoms with Crippen molar-refractivity contribution in [2.45, 2.75) is 49.7 Å². The van der Waals surface area contributed by atoms with Crippen LogP contribution in [0.15, 0.2) is 48.7 Å². The van der Waals surface area contributed by atoms with E-state index in [1.807, 2.05) is 42.5 Å². The first-order valence-corrected chi connectivity index (χ1v) is 9.62. The summed E-state index contributed by atoms with van der Waals surface area (Å²) in [6.07, 6.45) is 5.64. The van der Waals surface area contributed by atoms with Crippen LogP contribution >= 0.6 is 11.6 Å². The Morgan fingerprint density at radius 2 is 1.92 bits per heavy atom. The van der Waals surface area contributed by atoms with E-state index in [4.69, 9.17) is 11.6 Å². The van der Waals surface area contributed by atoms with Crippen LogP contribution in [-0.2, 0) is 10.2 Å². The monoisotopic (exact) mass is 370 g/mol. The number of carbonyl (C=O) groups excluding carboxylic acids is 1. The minimum Gasteiger partial charge on any atom is -0.393 e. The Labute approximate surface area is 158 Å². The number of nitrogens with one attached hydrogen (secondary N) is 1. The van der Waals surface area contributed by atoms with Crippen molar-refractivity contribution in [3.63, 3.8) is 0 Å². The maximum absolute atomic E-state index is 13.3. The number of rotatable bonds is 5. The maximum atomic E-state index is 13.3. The molecule has 2 aliphatic rings. The third kappa shape index (κ3) is 3.12. The Bertz CT molecular complexity index is 768. The van der Waals surface area contributed by atoms with Crippen LogP contribution in [0.5, 0.6) is 0 Å². The van der Waals surface area contributed by atoms with Crippen molar-refractivity contribution in [1.29, 1.82) is 0 Å². The molecular formula is C21H23ClN2O2. The van der Waals surface area contributed by atoms with E-state index in [9.17, 15) is 9.90 Å². The van der Waals surface area contributed by atoms with Gasteiger partial charge in [-0.05, 0) is 61.4 Å². The SMILES string of the molecule is O=C(N[C@@H](c1ccccn1)C1CC(O)C1)C1(c2ccc(Cl)cc2)CCC1.